The summed E-state index contributed by atoms with van der Waals surface area (Å²) in [5.74, 6) is 0.0302. The summed E-state index contributed by atoms with van der Waals surface area (Å²) in [5.41, 5.74) is -0.678. The smallest absolute Gasteiger partial charge is 0.246 e. The van der Waals surface area contributed by atoms with E-state index < -0.39 is 11.6 Å². The van der Waals surface area contributed by atoms with Crippen molar-refractivity contribution >= 4 is 18.4 Å². The van der Waals surface area contributed by atoms with Gasteiger partial charge in [-0.25, -0.2) is 0 Å². The van der Waals surface area contributed by atoms with Crippen LogP contribution in [0.25, 0.3) is 0 Å². The summed E-state index contributed by atoms with van der Waals surface area (Å²) >= 11 is 0. The highest BCUT2D eigenvalue weighted by Gasteiger charge is 2.45. The van der Waals surface area contributed by atoms with Crippen LogP contribution in [-0.2, 0) is 9.59 Å². The SMILES string of the molecule is CC(C)CC(N=CC=O)C(=O)NC1(C#N)CC1. The Labute approximate surface area is 101 Å². The Balaban J connectivity index is 2.62. The number of carbonyl (C=O) groups is 2. The molecule has 1 aliphatic rings. The van der Waals surface area contributed by atoms with Gasteiger partial charge < -0.3 is 5.32 Å². The molecule has 1 atom stereocenters. The Morgan fingerprint density at radius 1 is 1.59 bits per heavy atom. The molecule has 17 heavy (non-hydrogen) atoms. The van der Waals surface area contributed by atoms with E-state index in [-0.39, 0.29) is 5.91 Å². The maximum Gasteiger partial charge on any atom is 0.246 e. The maximum atomic E-state index is 11.9. The van der Waals surface area contributed by atoms with E-state index in [0.29, 0.717) is 31.5 Å². The number of hydrogen-bond acceptors (Lipinski definition) is 4. The fourth-order valence-corrected chi connectivity index (χ4v) is 1.53. The van der Waals surface area contributed by atoms with Crippen molar-refractivity contribution < 1.29 is 9.59 Å². The first kappa shape index (κ1) is 13.4. The molecule has 1 fully saturated rings. The van der Waals surface area contributed by atoms with Crippen molar-refractivity contribution in [1.82, 2.24) is 5.32 Å². The van der Waals surface area contributed by atoms with Crippen molar-refractivity contribution in [3.05, 3.63) is 0 Å². The fraction of sp³-hybridized carbons (Fsp3) is 0.667. The minimum Gasteiger partial charge on any atom is -0.336 e. The second kappa shape index (κ2) is 5.58. The van der Waals surface area contributed by atoms with E-state index in [1.54, 1.807) is 0 Å². The lowest BCUT2D eigenvalue weighted by Gasteiger charge is -2.16. The summed E-state index contributed by atoms with van der Waals surface area (Å²) < 4.78 is 0. The number of aliphatic imine (C=N–C) groups is 1. The first-order valence-corrected chi connectivity index (χ1v) is 5.73. The van der Waals surface area contributed by atoms with Gasteiger partial charge in [0.15, 0.2) is 6.29 Å². The summed E-state index contributed by atoms with van der Waals surface area (Å²) in [6.07, 6.45) is 3.61. The molecule has 1 rings (SSSR count). The third-order valence-corrected chi connectivity index (χ3v) is 2.65. The van der Waals surface area contributed by atoms with Crippen LogP contribution >= 0.6 is 0 Å². The van der Waals surface area contributed by atoms with Gasteiger partial charge in [0.05, 0.1) is 12.3 Å². The van der Waals surface area contributed by atoms with Crippen LogP contribution in [0.4, 0.5) is 0 Å². The molecule has 0 heterocycles. The summed E-state index contributed by atoms with van der Waals surface area (Å²) in [4.78, 5) is 26.1. The van der Waals surface area contributed by atoms with E-state index in [9.17, 15) is 9.59 Å². The van der Waals surface area contributed by atoms with E-state index in [1.165, 1.54) is 0 Å². The van der Waals surface area contributed by atoms with E-state index in [1.807, 2.05) is 13.8 Å². The molecule has 1 aliphatic carbocycles. The van der Waals surface area contributed by atoms with Gasteiger partial charge in [-0.15, -0.1) is 0 Å². The van der Waals surface area contributed by atoms with Gasteiger partial charge in [0.1, 0.15) is 11.6 Å². The van der Waals surface area contributed by atoms with E-state index >= 15 is 0 Å². The molecule has 1 amide bonds. The number of amides is 1. The van der Waals surface area contributed by atoms with Gasteiger partial charge >= 0.3 is 0 Å². The van der Waals surface area contributed by atoms with Gasteiger partial charge in [0.2, 0.25) is 5.91 Å². The lowest BCUT2D eigenvalue weighted by Crippen LogP contribution is -2.42. The van der Waals surface area contributed by atoms with E-state index in [2.05, 4.69) is 16.4 Å². The standard InChI is InChI=1S/C12H17N3O2/c1-9(2)7-10(14-5-6-16)11(17)15-12(8-13)3-4-12/h5-6,9-10H,3-4,7H2,1-2H3,(H,15,17). The Hall–Kier alpha value is -1.70. The second-order valence-corrected chi connectivity index (χ2v) is 4.76. The maximum absolute atomic E-state index is 11.9. The molecule has 0 aromatic rings. The molecule has 92 valence electrons. The van der Waals surface area contributed by atoms with Gasteiger partial charge in [-0.05, 0) is 25.2 Å². The number of nitrogens with one attached hydrogen (secondary N) is 1. The lowest BCUT2D eigenvalue weighted by molar-refractivity contribution is -0.123. The van der Waals surface area contributed by atoms with Crippen LogP contribution in [-0.4, -0.2) is 30.0 Å². The molecule has 0 radical (unpaired) electrons. The predicted octanol–water partition coefficient (Wildman–Crippen LogP) is 0.843. The van der Waals surface area contributed by atoms with Gasteiger partial charge in [-0.2, -0.15) is 5.26 Å². The molecule has 0 bridgehead atoms. The first-order chi connectivity index (χ1) is 8.03. The number of hydrogen-bond donors (Lipinski definition) is 1. The van der Waals surface area contributed by atoms with Crippen molar-refractivity contribution in [3.8, 4) is 6.07 Å². The highest BCUT2D eigenvalue weighted by molar-refractivity contribution is 6.13. The third kappa shape index (κ3) is 3.99. The normalized spacial score (nSPS) is 18.7. The third-order valence-electron chi connectivity index (χ3n) is 2.65. The molecule has 5 nitrogen and oxygen atoms in total. The zero-order valence-electron chi connectivity index (χ0n) is 10.1. The summed E-state index contributed by atoms with van der Waals surface area (Å²) in [5, 5.41) is 11.6. The Kier molecular flexibility index (Phi) is 4.38. The molecule has 0 aromatic carbocycles. The molecular formula is C12H17N3O2. The highest BCUT2D eigenvalue weighted by atomic mass is 16.2. The van der Waals surface area contributed by atoms with Crippen LogP contribution in [0, 0.1) is 17.2 Å². The van der Waals surface area contributed by atoms with E-state index in [4.69, 9.17) is 5.26 Å². The van der Waals surface area contributed by atoms with Crippen molar-refractivity contribution in [2.75, 3.05) is 0 Å². The molecule has 0 aromatic heterocycles. The number of rotatable bonds is 6. The topological polar surface area (TPSA) is 82.3 Å². The summed E-state index contributed by atoms with van der Waals surface area (Å²) in [6.45, 7) is 3.96. The lowest BCUT2D eigenvalue weighted by atomic mass is 10.0. The van der Waals surface area contributed by atoms with Crippen molar-refractivity contribution in [1.29, 1.82) is 5.26 Å². The molecule has 5 heteroatoms. The Morgan fingerprint density at radius 3 is 2.65 bits per heavy atom. The van der Waals surface area contributed by atoms with Crippen LogP contribution in [0.3, 0.4) is 0 Å². The van der Waals surface area contributed by atoms with Crippen LogP contribution in [0.15, 0.2) is 4.99 Å². The van der Waals surface area contributed by atoms with Crippen LogP contribution in [0.5, 0.6) is 0 Å². The van der Waals surface area contributed by atoms with Gasteiger partial charge in [-0.3, -0.25) is 14.6 Å². The molecule has 0 saturated heterocycles. The highest BCUT2D eigenvalue weighted by Crippen LogP contribution is 2.34. The molecule has 0 aliphatic heterocycles. The number of carbonyl (C=O) groups excluding carboxylic acids is 2. The quantitative estimate of drug-likeness (QED) is 0.547. The van der Waals surface area contributed by atoms with Crippen molar-refractivity contribution in [2.24, 2.45) is 10.9 Å². The Morgan fingerprint density at radius 2 is 2.24 bits per heavy atom. The van der Waals surface area contributed by atoms with Crippen LogP contribution in [0.1, 0.15) is 33.1 Å². The van der Waals surface area contributed by atoms with Crippen molar-refractivity contribution in [3.63, 3.8) is 0 Å². The summed E-state index contributed by atoms with van der Waals surface area (Å²) in [7, 11) is 0. The zero-order chi connectivity index (χ0) is 12.9. The van der Waals surface area contributed by atoms with Crippen molar-refractivity contribution in [2.45, 2.75) is 44.7 Å². The molecular weight excluding hydrogens is 218 g/mol. The first-order valence-electron chi connectivity index (χ1n) is 5.73. The average molecular weight is 235 g/mol. The van der Waals surface area contributed by atoms with E-state index in [0.717, 1.165) is 6.21 Å². The minimum atomic E-state index is -0.678. The van der Waals surface area contributed by atoms with Gasteiger partial charge in [0, 0.05) is 0 Å². The van der Waals surface area contributed by atoms with Gasteiger partial charge in [-0.1, -0.05) is 13.8 Å². The molecule has 1 unspecified atom stereocenters. The zero-order valence-corrected chi connectivity index (χ0v) is 10.1. The largest absolute Gasteiger partial charge is 0.336 e. The number of nitrogens with zero attached hydrogens (tertiary/aromatic N) is 2. The molecule has 1 N–H and O–H groups in total. The minimum absolute atomic E-state index is 0.268. The number of aldehydes is 1. The fourth-order valence-electron chi connectivity index (χ4n) is 1.53. The summed E-state index contributed by atoms with van der Waals surface area (Å²) in [6, 6.07) is 1.52. The number of nitriles is 1. The average Bonchev–Trinajstić information content (AvgIpc) is 3.04. The predicted molar refractivity (Wildman–Crippen MR) is 63.5 cm³/mol. The monoisotopic (exact) mass is 235 g/mol. The molecule has 1 saturated carbocycles. The van der Waals surface area contributed by atoms with Crippen LogP contribution < -0.4 is 5.32 Å². The second-order valence-electron chi connectivity index (χ2n) is 4.76. The van der Waals surface area contributed by atoms with Crippen LogP contribution in [0.2, 0.25) is 0 Å². The van der Waals surface area contributed by atoms with Gasteiger partial charge in [0.25, 0.3) is 0 Å². The molecule has 0 spiro atoms. The Bertz CT molecular complexity index is 364.